The topological polar surface area (TPSA) is 66.8 Å². The van der Waals surface area contributed by atoms with Gasteiger partial charge in [-0.1, -0.05) is 30.3 Å². The van der Waals surface area contributed by atoms with Gasteiger partial charge >= 0.3 is 7.60 Å². The number of hydrogen-bond acceptors (Lipinski definition) is 5. The normalized spacial score (nSPS) is 11.9. The van der Waals surface area contributed by atoms with Gasteiger partial charge in [-0.3, -0.25) is 9.36 Å². The van der Waals surface area contributed by atoms with Crippen molar-refractivity contribution in [2.45, 2.75) is 52.8 Å². The minimum absolute atomic E-state index is 0.138. The first-order valence-electron chi connectivity index (χ1n) is 8.60. The van der Waals surface area contributed by atoms with E-state index in [4.69, 9.17) is 13.8 Å². The zero-order chi connectivity index (χ0) is 19.2. The zero-order valence-corrected chi connectivity index (χ0v) is 16.5. The molecule has 0 fully saturated rings. The van der Waals surface area contributed by atoms with Crippen LogP contribution < -0.4 is 10.3 Å². The Kier molecular flexibility index (Phi) is 7.21. The van der Waals surface area contributed by atoms with E-state index in [2.05, 4.69) is 0 Å². The second kappa shape index (κ2) is 9.17. The van der Waals surface area contributed by atoms with Crippen molar-refractivity contribution in [3.8, 4) is 5.75 Å². The third-order valence-corrected chi connectivity index (χ3v) is 5.42. The van der Waals surface area contributed by atoms with E-state index >= 15 is 0 Å². The maximum atomic E-state index is 12.9. The summed E-state index contributed by atoms with van der Waals surface area (Å²) in [7, 11) is -3.44. The van der Waals surface area contributed by atoms with Gasteiger partial charge in [-0.25, -0.2) is 0 Å². The van der Waals surface area contributed by atoms with Crippen molar-refractivity contribution in [3.05, 3.63) is 64.6 Å². The molecule has 0 spiro atoms. The molecule has 1 heterocycles. The van der Waals surface area contributed by atoms with Crippen LogP contribution in [0.5, 0.6) is 5.75 Å². The molecule has 0 N–H and O–H groups in total. The van der Waals surface area contributed by atoms with Crippen molar-refractivity contribution in [1.82, 2.24) is 4.57 Å². The summed E-state index contributed by atoms with van der Waals surface area (Å²) in [5.41, 5.74) is 0.687. The molecule has 0 atom stereocenters. The van der Waals surface area contributed by atoms with E-state index in [9.17, 15) is 9.36 Å². The lowest BCUT2D eigenvalue weighted by molar-refractivity contribution is 0.138. The predicted octanol–water partition coefficient (Wildman–Crippen LogP) is 4.43. The molecule has 0 aliphatic rings. The van der Waals surface area contributed by atoms with Gasteiger partial charge in [-0.2, -0.15) is 0 Å². The highest BCUT2D eigenvalue weighted by molar-refractivity contribution is 7.52. The Morgan fingerprint density at radius 1 is 1.00 bits per heavy atom. The summed E-state index contributed by atoms with van der Waals surface area (Å²) in [6, 6.07) is 12.7. The van der Waals surface area contributed by atoms with Crippen molar-refractivity contribution in [3.63, 3.8) is 0 Å². The molecule has 1 aromatic heterocycles. The third-order valence-electron chi connectivity index (χ3n) is 3.28. The van der Waals surface area contributed by atoms with E-state index in [1.807, 2.05) is 30.3 Å². The van der Waals surface area contributed by atoms with Crippen LogP contribution in [0, 0.1) is 0 Å². The second-order valence-corrected chi connectivity index (χ2v) is 8.43. The van der Waals surface area contributed by atoms with E-state index in [1.165, 1.54) is 10.6 Å². The van der Waals surface area contributed by atoms with Crippen LogP contribution in [0.4, 0.5) is 0 Å². The summed E-state index contributed by atoms with van der Waals surface area (Å²) in [5.74, 6) is 0.458. The fourth-order valence-corrected chi connectivity index (χ4v) is 4.43. The van der Waals surface area contributed by atoms with Crippen LogP contribution in [0.25, 0.3) is 0 Å². The molecule has 6 nitrogen and oxygen atoms in total. The Morgan fingerprint density at radius 3 is 2.15 bits per heavy atom. The molecule has 0 radical (unpaired) electrons. The summed E-state index contributed by atoms with van der Waals surface area (Å²) >= 11 is 0. The molecule has 7 heteroatoms. The Balaban J connectivity index is 2.10. The van der Waals surface area contributed by atoms with Gasteiger partial charge in [-0.05, 0) is 39.3 Å². The minimum Gasteiger partial charge on any atom is -0.489 e. The summed E-state index contributed by atoms with van der Waals surface area (Å²) < 4.78 is 30.8. The Morgan fingerprint density at radius 2 is 1.62 bits per heavy atom. The van der Waals surface area contributed by atoms with Gasteiger partial charge in [-0.15, -0.1) is 0 Å². The molecule has 2 rings (SSSR count). The van der Waals surface area contributed by atoms with Gasteiger partial charge in [0.1, 0.15) is 18.6 Å². The number of benzene rings is 1. The van der Waals surface area contributed by atoms with Crippen LogP contribution in [-0.2, 0) is 26.5 Å². The third kappa shape index (κ3) is 6.45. The lowest BCUT2D eigenvalue weighted by Crippen LogP contribution is -2.21. The van der Waals surface area contributed by atoms with Crippen molar-refractivity contribution in [1.29, 1.82) is 0 Å². The van der Waals surface area contributed by atoms with Gasteiger partial charge in [0.05, 0.1) is 12.2 Å². The Bertz CT molecular complexity index is 787. The van der Waals surface area contributed by atoms with Crippen LogP contribution in [-0.4, -0.2) is 16.8 Å². The van der Waals surface area contributed by atoms with E-state index < -0.39 is 7.60 Å². The Labute approximate surface area is 154 Å². The highest BCUT2D eigenvalue weighted by Gasteiger charge is 2.28. The van der Waals surface area contributed by atoms with Gasteiger partial charge in [0.25, 0.3) is 5.56 Å². The van der Waals surface area contributed by atoms with Crippen LogP contribution >= 0.6 is 7.60 Å². The lowest BCUT2D eigenvalue weighted by Gasteiger charge is -2.23. The molecule has 0 aliphatic carbocycles. The number of ether oxygens (including phenoxy) is 1. The van der Waals surface area contributed by atoms with Gasteiger partial charge in [0, 0.05) is 12.3 Å². The quantitative estimate of drug-likeness (QED) is 0.603. The van der Waals surface area contributed by atoms with Crippen LogP contribution in [0.3, 0.4) is 0 Å². The van der Waals surface area contributed by atoms with Crippen molar-refractivity contribution in [2.75, 3.05) is 0 Å². The van der Waals surface area contributed by atoms with E-state index in [0.717, 1.165) is 5.56 Å². The molecule has 2 aromatic rings. The molecule has 0 bridgehead atoms. The van der Waals surface area contributed by atoms with E-state index in [1.54, 1.807) is 40.0 Å². The average molecular weight is 379 g/mol. The molecular weight excluding hydrogens is 353 g/mol. The SMILES string of the molecule is CC(C)OP(=O)(Cn1ccc(OCc2ccccc2)cc1=O)OC(C)C. The fourth-order valence-electron chi connectivity index (χ4n) is 2.36. The number of rotatable bonds is 9. The number of pyridine rings is 1. The summed E-state index contributed by atoms with van der Waals surface area (Å²) in [6.07, 6.45) is 0.858. The molecule has 0 saturated heterocycles. The average Bonchev–Trinajstić information content (AvgIpc) is 2.54. The van der Waals surface area contributed by atoms with Gasteiger partial charge in [0.2, 0.25) is 0 Å². The summed E-state index contributed by atoms with van der Waals surface area (Å²) in [6.45, 7) is 7.48. The summed E-state index contributed by atoms with van der Waals surface area (Å²) in [4.78, 5) is 12.4. The van der Waals surface area contributed by atoms with Crippen molar-refractivity contribution >= 4 is 7.60 Å². The molecule has 0 saturated carbocycles. The van der Waals surface area contributed by atoms with Gasteiger partial charge < -0.3 is 18.4 Å². The predicted molar refractivity (Wildman–Crippen MR) is 102 cm³/mol. The largest absolute Gasteiger partial charge is 0.489 e. The zero-order valence-electron chi connectivity index (χ0n) is 15.6. The molecule has 0 aliphatic heterocycles. The molecule has 0 unspecified atom stereocenters. The van der Waals surface area contributed by atoms with Crippen LogP contribution in [0.2, 0.25) is 0 Å². The maximum Gasteiger partial charge on any atom is 0.350 e. The maximum absolute atomic E-state index is 12.9. The lowest BCUT2D eigenvalue weighted by atomic mass is 10.2. The first-order valence-corrected chi connectivity index (χ1v) is 10.3. The van der Waals surface area contributed by atoms with Crippen LogP contribution in [0.15, 0.2) is 53.5 Å². The van der Waals surface area contributed by atoms with Crippen molar-refractivity contribution < 1.29 is 18.3 Å². The first kappa shape index (κ1) is 20.4. The monoisotopic (exact) mass is 379 g/mol. The number of aromatic nitrogens is 1. The summed E-state index contributed by atoms with van der Waals surface area (Å²) in [5, 5.41) is 0. The molecule has 1 aromatic carbocycles. The number of hydrogen-bond donors (Lipinski definition) is 0. The minimum atomic E-state index is -3.44. The highest BCUT2D eigenvalue weighted by Crippen LogP contribution is 2.51. The highest BCUT2D eigenvalue weighted by atomic mass is 31.2. The van der Waals surface area contributed by atoms with Crippen LogP contribution in [0.1, 0.15) is 33.3 Å². The van der Waals surface area contributed by atoms with E-state index in [-0.39, 0.29) is 24.1 Å². The van der Waals surface area contributed by atoms with E-state index in [0.29, 0.717) is 12.4 Å². The Hall–Kier alpha value is -1.88. The van der Waals surface area contributed by atoms with Gasteiger partial charge in [0.15, 0.2) is 0 Å². The molecular formula is C19H26NO5P. The molecule has 26 heavy (non-hydrogen) atoms. The standard InChI is InChI=1S/C19H26NO5P/c1-15(2)24-26(22,25-16(3)4)14-20-11-10-18(12-19(20)21)23-13-17-8-6-5-7-9-17/h5-12,15-16H,13-14H2,1-4H3. The smallest absolute Gasteiger partial charge is 0.350 e. The second-order valence-electron chi connectivity index (χ2n) is 6.51. The van der Waals surface area contributed by atoms with Crippen molar-refractivity contribution in [2.24, 2.45) is 0 Å². The molecule has 0 amide bonds. The molecule has 142 valence electrons. The number of nitrogens with zero attached hydrogens (tertiary/aromatic N) is 1. The fraction of sp³-hybridized carbons (Fsp3) is 0.421. The first-order chi connectivity index (χ1) is 12.3.